The molecule has 0 aliphatic carbocycles. The Balaban J connectivity index is 2.24. The summed E-state index contributed by atoms with van der Waals surface area (Å²) in [5, 5.41) is 20.7. The lowest BCUT2D eigenvalue weighted by Crippen LogP contribution is -2.27. The van der Waals surface area contributed by atoms with Crippen LogP contribution >= 0.6 is 11.3 Å². The lowest BCUT2D eigenvalue weighted by molar-refractivity contribution is -0.384. The van der Waals surface area contributed by atoms with Crippen LogP contribution in [-0.4, -0.2) is 26.5 Å². The highest BCUT2D eigenvalue weighted by molar-refractivity contribution is 7.16. The third-order valence-electron chi connectivity index (χ3n) is 4.30. The zero-order chi connectivity index (χ0) is 20.4. The van der Waals surface area contributed by atoms with Crippen molar-refractivity contribution in [3.63, 3.8) is 0 Å². The number of nitro groups is 1. The van der Waals surface area contributed by atoms with Gasteiger partial charge in [0.15, 0.2) is 4.80 Å². The molecule has 3 rings (SSSR count). The monoisotopic (exact) mass is 399 g/mol. The van der Waals surface area contributed by atoms with E-state index < -0.39 is 22.8 Å². The van der Waals surface area contributed by atoms with Crippen LogP contribution in [-0.2, 0) is 4.79 Å². The van der Waals surface area contributed by atoms with Crippen LogP contribution in [0.1, 0.15) is 35.3 Å². The van der Waals surface area contributed by atoms with Gasteiger partial charge in [0, 0.05) is 17.7 Å². The summed E-state index contributed by atoms with van der Waals surface area (Å²) >= 11 is 1.05. The van der Waals surface area contributed by atoms with Gasteiger partial charge in [-0.25, -0.2) is 4.79 Å². The third kappa shape index (κ3) is 3.70. The number of nitro benzene ring substituents is 1. The van der Waals surface area contributed by atoms with Gasteiger partial charge in [0.05, 0.1) is 15.1 Å². The summed E-state index contributed by atoms with van der Waals surface area (Å²) in [6.07, 6.45) is 0.268. The van der Waals surface area contributed by atoms with Crippen LogP contribution < -0.4 is 4.80 Å². The third-order valence-corrected chi connectivity index (χ3v) is 5.32. The van der Waals surface area contributed by atoms with Gasteiger partial charge in [-0.1, -0.05) is 36.0 Å². The molecule has 9 heteroatoms. The number of carboxylic acid groups (broad SMARTS) is 1. The van der Waals surface area contributed by atoms with E-state index in [2.05, 4.69) is 4.99 Å². The molecule has 0 saturated carbocycles. The van der Waals surface area contributed by atoms with Crippen LogP contribution in [0.5, 0.6) is 0 Å². The number of carbonyl (C=O) groups is 2. The maximum atomic E-state index is 12.6. The van der Waals surface area contributed by atoms with E-state index in [1.165, 1.54) is 22.8 Å². The molecule has 0 aliphatic rings. The fourth-order valence-corrected chi connectivity index (χ4v) is 3.94. The van der Waals surface area contributed by atoms with Crippen molar-refractivity contribution in [2.75, 3.05) is 0 Å². The maximum absolute atomic E-state index is 12.6. The van der Waals surface area contributed by atoms with E-state index in [1.807, 2.05) is 6.92 Å². The van der Waals surface area contributed by atoms with Gasteiger partial charge < -0.3 is 9.67 Å². The lowest BCUT2D eigenvalue weighted by atomic mass is 10.1. The first-order valence-electron chi connectivity index (χ1n) is 8.49. The average molecular weight is 399 g/mol. The molecule has 1 unspecified atom stereocenters. The Bertz CT molecular complexity index is 1140. The molecule has 0 aliphatic heterocycles. The molecule has 0 fully saturated rings. The second-order valence-corrected chi connectivity index (χ2v) is 7.22. The first-order chi connectivity index (χ1) is 13.3. The standard InChI is InChI=1S/C19H17N3O5S/c1-3-14(18(24)25)21-15-9-8-13(22(26)27)10-16(15)28-19(21)20-17(23)12-6-4-11(2)5-7-12/h4-10,14H,3H2,1-2H3,(H,24,25). The van der Waals surface area contributed by atoms with Crippen LogP contribution in [0, 0.1) is 17.0 Å². The molecule has 0 spiro atoms. The minimum absolute atomic E-state index is 0.110. The zero-order valence-corrected chi connectivity index (χ0v) is 16.0. The summed E-state index contributed by atoms with van der Waals surface area (Å²) in [6.45, 7) is 3.61. The second-order valence-electron chi connectivity index (χ2n) is 6.21. The van der Waals surface area contributed by atoms with Gasteiger partial charge in [-0.2, -0.15) is 4.99 Å². The number of aryl methyl sites for hydroxylation is 1. The maximum Gasteiger partial charge on any atom is 0.326 e. The zero-order valence-electron chi connectivity index (χ0n) is 15.2. The molecule has 8 nitrogen and oxygen atoms in total. The first-order valence-corrected chi connectivity index (χ1v) is 9.31. The molecule has 3 aromatic rings. The van der Waals surface area contributed by atoms with Crippen LogP contribution in [0.25, 0.3) is 10.2 Å². The summed E-state index contributed by atoms with van der Waals surface area (Å²) in [4.78, 5) is 39.2. The topological polar surface area (TPSA) is 115 Å². The highest BCUT2D eigenvalue weighted by Crippen LogP contribution is 2.26. The molecule has 0 saturated heterocycles. The van der Waals surface area contributed by atoms with Gasteiger partial charge in [-0.05, 0) is 31.5 Å². The number of hydrogen-bond donors (Lipinski definition) is 1. The van der Waals surface area contributed by atoms with Gasteiger partial charge >= 0.3 is 5.97 Å². The fraction of sp³-hybridized carbons (Fsp3) is 0.211. The lowest BCUT2D eigenvalue weighted by Gasteiger charge is -2.13. The van der Waals surface area contributed by atoms with Crippen molar-refractivity contribution in [2.24, 2.45) is 4.99 Å². The number of nitrogens with zero attached hydrogens (tertiary/aromatic N) is 3. The number of benzene rings is 2. The Morgan fingerprint density at radius 2 is 1.93 bits per heavy atom. The van der Waals surface area contributed by atoms with E-state index in [9.17, 15) is 24.8 Å². The van der Waals surface area contributed by atoms with Crippen molar-refractivity contribution < 1.29 is 19.6 Å². The fourth-order valence-electron chi connectivity index (χ4n) is 2.84. The molecule has 1 atom stereocenters. The number of carbonyl (C=O) groups excluding carboxylic acids is 1. The summed E-state index contributed by atoms with van der Waals surface area (Å²) in [5.41, 5.74) is 1.75. The van der Waals surface area contributed by atoms with E-state index in [0.29, 0.717) is 15.8 Å². The number of aromatic nitrogens is 1. The minimum atomic E-state index is -1.07. The van der Waals surface area contributed by atoms with Crippen LogP contribution in [0.3, 0.4) is 0 Å². The minimum Gasteiger partial charge on any atom is -0.480 e. The summed E-state index contributed by atoms with van der Waals surface area (Å²) in [6, 6.07) is 10.1. The van der Waals surface area contributed by atoms with E-state index >= 15 is 0 Å². The molecule has 28 heavy (non-hydrogen) atoms. The Labute approximate surface area is 163 Å². The van der Waals surface area contributed by atoms with Crippen molar-refractivity contribution in [2.45, 2.75) is 26.3 Å². The smallest absolute Gasteiger partial charge is 0.326 e. The molecule has 0 bridgehead atoms. The number of rotatable bonds is 5. The molecule has 1 N–H and O–H groups in total. The number of aliphatic carboxylic acids is 1. The van der Waals surface area contributed by atoms with Crippen LogP contribution in [0.2, 0.25) is 0 Å². The summed E-state index contributed by atoms with van der Waals surface area (Å²) < 4.78 is 1.95. The highest BCUT2D eigenvalue weighted by atomic mass is 32.1. The van der Waals surface area contributed by atoms with E-state index in [-0.39, 0.29) is 16.9 Å². The van der Waals surface area contributed by atoms with Gasteiger partial charge in [0.2, 0.25) is 0 Å². The molecule has 1 heterocycles. The molecule has 1 aromatic heterocycles. The number of carboxylic acids is 1. The number of fused-ring (bicyclic) bond motifs is 1. The van der Waals surface area contributed by atoms with Crippen molar-refractivity contribution in [1.29, 1.82) is 0 Å². The largest absolute Gasteiger partial charge is 0.480 e. The normalized spacial score (nSPS) is 12.9. The Morgan fingerprint density at radius 1 is 1.25 bits per heavy atom. The number of amides is 1. The number of non-ortho nitro benzene ring substituents is 1. The quantitative estimate of drug-likeness (QED) is 0.519. The van der Waals surface area contributed by atoms with Crippen LogP contribution in [0.15, 0.2) is 47.5 Å². The molecule has 2 aromatic carbocycles. The van der Waals surface area contributed by atoms with Crippen molar-refractivity contribution in [3.8, 4) is 0 Å². The predicted molar refractivity (Wildman–Crippen MR) is 105 cm³/mol. The van der Waals surface area contributed by atoms with E-state index in [1.54, 1.807) is 31.2 Å². The van der Waals surface area contributed by atoms with Crippen molar-refractivity contribution in [1.82, 2.24) is 4.57 Å². The van der Waals surface area contributed by atoms with Gasteiger partial charge in [0.25, 0.3) is 11.6 Å². The Morgan fingerprint density at radius 3 is 2.50 bits per heavy atom. The Hall–Kier alpha value is -3.33. The van der Waals surface area contributed by atoms with Gasteiger partial charge in [0.1, 0.15) is 6.04 Å². The molecule has 0 radical (unpaired) electrons. The summed E-state index contributed by atoms with van der Waals surface area (Å²) in [7, 11) is 0. The predicted octanol–water partition coefficient (Wildman–Crippen LogP) is 3.70. The molecular weight excluding hydrogens is 382 g/mol. The number of hydrogen-bond acceptors (Lipinski definition) is 5. The van der Waals surface area contributed by atoms with E-state index in [0.717, 1.165) is 16.9 Å². The van der Waals surface area contributed by atoms with Gasteiger partial charge in [-0.3, -0.25) is 14.9 Å². The molecular formula is C19H17N3O5S. The average Bonchev–Trinajstić information content (AvgIpc) is 2.99. The first kappa shape index (κ1) is 19.4. The van der Waals surface area contributed by atoms with Crippen molar-refractivity contribution >= 4 is 39.1 Å². The second kappa shape index (κ2) is 7.73. The van der Waals surface area contributed by atoms with E-state index in [4.69, 9.17) is 0 Å². The molecule has 1 amide bonds. The SMILES string of the molecule is CCC(C(=O)O)n1c(=NC(=O)c2ccc(C)cc2)sc2cc([N+](=O)[O-])ccc21. The number of thiazole rings is 1. The van der Waals surface area contributed by atoms with Crippen LogP contribution in [0.4, 0.5) is 5.69 Å². The molecule has 144 valence electrons. The highest BCUT2D eigenvalue weighted by Gasteiger charge is 2.23. The van der Waals surface area contributed by atoms with Crippen molar-refractivity contribution in [3.05, 3.63) is 68.5 Å². The Kier molecular flexibility index (Phi) is 5.36. The summed E-state index contributed by atoms with van der Waals surface area (Å²) in [5.74, 6) is -1.57. The van der Waals surface area contributed by atoms with Gasteiger partial charge in [-0.15, -0.1) is 0 Å².